The quantitative estimate of drug-likeness (QED) is 0.685. The zero-order valence-electron chi connectivity index (χ0n) is 15.4. The highest BCUT2D eigenvalue weighted by molar-refractivity contribution is 5.53. The third-order valence-corrected chi connectivity index (χ3v) is 5.62. The van der Waals surface area contributed by atoms with Crippen molar-refractivity contribution >= 4 is 0 Å². The molecule has 1 aromatic heterocycles. The van der Waals surface area contributed by atoms with Gasteiger partial charge in [0, 0.05) is 12.4 Å². The molecule has 0 spiro atoms. The van der Waals surface area contributed by atoms with Crippen molar-refractivity contribution in [1.82, 2.24) is 9.55 Å². The fourth-order valence-corrected chi connectivity index (χ4v) is 4.38. The summed E-state index contributed by atoms with van der Waals surface area (Å²) < 4.78 is 2.30. The van der Waals surface area contributed by atoms with E-state index >= 15 is 0 Å². The summed E-state index contributed by atoms with van der Waals surface area (Å²) in [7, 11) is 0. The Hall–Kier alpha value is -2.61. The van der Waals surface area contributed by atoms with E-state index < -0.39 is 0 Å². The van der Waals surface area contributed by atoms with Crippen LogP contribution in [0.25, 0.3) is 0 Å². The Morgan fingerprint density at radius 3 is 2.69 bits per heavy atom. The molecule has 0 radical (unpaired) electrons. The van der Waals surface area contributed by atoms with Gasteiger partial charge in [-0.2, -0.15) is 0 Å². The van der Waals surface area contributed by atoms with Crippen LogP contribution in [0.5, 0.6) is 0 Å². The maximum absolute atomic E-state index is 4.42. The lowest BCUT2D eigenvalue weighted by atomic mass is 9.70. The van der Waals surface area contributed by atoms with Crippen LogP contribution in [0.1, 0.15) is 38.2 Å². The summed E-state index contributed by atoms with van der Waals surface area (Å²) in [6.45, 7) is 2.36. The molecule has 0 saturated carbocycles. The highest BCUT2D eigenvalue weighted by atomic mass is 15.1. The molecule has 132 valence electrons. The molecule has 0 saturated heterocycles. The van der Waals surface area contributed by atoms with Crippen molar-refractivity contribution < 1.29 is 0 Å². The first-order valence-corrected chi connectivity index (χ1v) is 9.62. The number of imidazole rings is 1. The largest absolute Gasteiger partial charge is 0.319 e. The van der Waals surface area contributed by atoms with E-state index in [9.17, 15) is 0 Å². The van der Waals surface area contributed by atoms with Crippen LogP contribution in [-0.4, -0.2) is 9.55 Å². The second-order valence-electron chi connectivity index (χ2n) is 7.21. The van der Waals surface area contributed by atoms with E-state index in [1.54, 1.807) is 0 Å². The normalized spacial score (nSPS) is 22.3. The van der Waals surface area contributed by atoms with Crippen molar-refractivity contribution in [2.75, 3.05) is 0 Å². The minimum atomic E-state index is -0.344. The maximum Gasteiger partial charge on any atom is 0.117 e. The summed E-state index contributed by atoms with van der Waals surface area (Å²) in [5.74, 6) is 0.490. The van der Waals surface area contributed by atoms with E-state index in [2.05, 4.69) is 89.5 Å². The van der Waals surface area contributed by atoms with Crippen LogP contribution >= 0.6 is 0 Å². The van der Waals surface area contributed by atoms with Crippen molar-refractivity contribution in [3.05, 3.63) is 102 Å². The molecule has 2 aromatic rings. The summed E-state index contributed by atoms with van der Waals surface area (Å²) in [6.07, 6.45) is 24.4. The first kappa shape index (κ1) is 16.8. The van der Waals surface area contributed by atoms with Gasteiger partial charge in [-0.3, -0.25) is 0 Å². The van der Waals surface area contributed by atoms with E-state index in [0.29, 0.717) is 5.92 Å². The minimum absolute atomic E-state index is 0.344. The Labute approximate surface area is 156 Å². The number of hydrogen-bond donors (Lipinski definition) is 0. The van der Waals surface area contributed by atoms with Crippen LogP contribution in [0.4, 0.5) is 0 Å². The summed E-state index contributed by atoms with van der Waals surface area (Å²) in [6, 6.07) is 10.9. The van der Waals surface area contributed by atoms with E-state index in [1.807, 2.05) is 12.5 Å². The van der Waals surface area contributed by atoms with Crippen LogP contribution in [0.2, 0.25) is 0 Å². The molecule has 0 amide bonds. The predicted octanol–water partition coefficient (Wildman–Crippen LogP) is 5.82. The highest BCUT2D eigenvalue weighted by Crippen LogP contribution is 2.47. The molecular formula is C24H26N2. The smallest absolute Gasteiger partial charge is 0.117 e. The number of aromatic nitrogens is 2. The van der Waals surface area contributed by atoms with Gasteiger partial charge >= 0.3 is 0 Å². The summed E-state index contributed by atoms with van der Waals surface area (Å²) in [4.78, 5) is 4.42. The molecule has 1 heterocycles. The second kappa shape index (κ2) is 7.33. The number of allylic oxidation sites excluding steroid dienone is 8. The lowest BCUT2D eigenvalue weighted by Gasteiger charge is -2.42. The molecule has 2 nitrogen and oxygen atoms in total. The van der Waals surface area contributed by atoms with Crippen LogP contribution in [0, 0.1) is 5.92 Å². The van der Waals surface area contributed by atoms with Crippen molar-refractivity contribution in [3.8, 4) is 0 Å². The average molecular weight is 342 g/mol. The molecule has 2 aliphatic rings. The Morgan fingerprint density at radius 2 is 1.96 bits per heavy atom. The maximum atomic E-state index is 4.42. The molecule has 2 aliphatic carbocycles. The molecular weight excluding hydrogens is 316 g/mol. The van der Waals surface area contributed by atoms with Gasteiger partial charge in [-0.15, -0.1) is 0 Å². The van der Waals surface area contributed by atoms with Gasteiger partial charge in [0.2, 0.25) is 0 Å². The van der Waals surface area contributed by atoms with Crippen LogP contribution in [0.15, 0.2) is 96.7 Å². The third kappa shape index (κ3) is 2.80. The Balaban J connectivity index is 2.04. The van der Waals surface area contributed by atoms with Crippen LogP contribution < -0.4 is 0 Å². The van der Waals surface area contributed by atoms with Crippen molar-refractivity contribution in [2.45, 2.75) is 38.1 Å². The lowest BCUT2D eigenvalue weighted by Crippen LogP contribution is -2.40. The fourth-order valence-electron chi connectivity index (χ4n) is 4.38. The van der Waals surface area contributed by atoms with Crippen LogP contribution in [-0.2, 0) is 5.54 Å². The first-order chi connectivity index (χ1) is 12.8. The molecule has 26 heavy (non-hydrogen) atoms. The van der Waals surface area contributed by atoms with Crippen LogP contribution in [0.3, 0.4) is 0 Å². The second-order valence-corrected chi connectivity index (χ2v) is 7.21. The molecule has 2 heteroatoms. The summed E-state index contributed by atoms with van der Waals surface area (Å²) in [5, 5.41) is 0. The van der Waals surface area contributed by atoms with E-state index in [4.69, 9.17) is 0 Å². The third-order valence-electron chi connectivity index (χ3n) is 5.62. The average Bonchev–Trinajstić information content (AvgIpc) is 3.15. The van der Waals surface area contributed by atoms with E-state index in [0.717, 1.165) is 19.3 Å². The SMILES string of the molecule is CC1CCC=CC=C1C(C1=CCCC=C1)(c1ccccc1)n1ccnc1. The Bertz CT molecular complexity index is 853. The monoisotopic (exact) mass is 342 g/mol. The van der Waals surface area contributed by atoms with Gasteiger partial charge in [-0.1, -0.05) is 73.7 Å². The molecule has 0 bridgehead atoms. The number of benzene rings is 1. The molecule has 1 aromatic carbocycles. The molecule has 0 fully saturated rings. The predicted molar refractivity (Wildman–Crippen MR) is 108 cm³/mol. The van der Waals surface area contributed by atoms with Gasteiger partial charge in [0.1, 0.15) is 5.54 Å². The minimum Gasteiger partial charge on any atom is -0.319 e. The van der Waals surface area contributed by atoms with E-state index in [1.165, 1.54) is 23.1 Å². The Morgan fingerprint density at radius 1 is 1.08 bits per heavy atom. The zero-order valence-corrected chi connectivity index (χ0v) is 15.4. The first-order valence-electron chi connectivity index (χ1n) is 9.62. The molecule has 2 unspecified atom stereocenters. The Kier molecular flexibility index (Phi) is 4.75. The number of nitrogens with zero attached hydrogens (tertiary/aromatic N) is 2. The topological polar surface area (TPSA) is 17.8 Å². The summed E-state index contributed by atoms with van der Waals surface area (Å²) in [5.41, 5.74) is 3.74. The number of hydrogen-bond acceptors (Lipinski definition) is 1. The fraction of sp³-hybridized carbons (Fsp3) is 0.292. The van der Waals surface area contributed by atoms with Gasteiger partial charge in [0.15, 0.2) is 0 Å². The van der Waals surface area contributed by atoms with Crippen molar-refractivity contribution in [2.24, 2.45) is 5.92 Å². The van der Waals surface area contributed by atoms with Gasteiger partial charge in [-0.05, 0) is 48.3 Å². The zero-order chi connectivity index (χ0) is 17.8. The molecule has 0 aliphatic heterocycles. The van der Waals surface area contributed by atoms with Crippen molar-refractivity contribution in [3.63, 3.8) is 0 Å². The van der Waals surface area contributed by atoms with Gasteiger partial charge < -0.3 is 4.57 Å². The molecule has 2 atom stereocenters. The summed E-state index contributed by atoms with van der Waals surface area (Å²) >= 11 is 0. The van der Waals surface area contributed by atoms with Gasteiger partial charge in [0.25, 0.3) is 0 Å². The standard InChI is InChI=1S/C24H26N2/c1-20-11-5-2-10-16-23(20)24(26-18-17-25-19-26,21-12-6-3-7-13-21)22-14-8-4-9-15-22/h2-3,6-8,10,12-20H,4-5,9,11H2,1H3. The number of rotatable bonds is 4. The highest BCUT2D eigenvalue weighted by Gasteiger charge is 2.42. The van der Waals surface area contributed by atoms with Crippen molar-refractivity contribution in [1.29, 1.82) is 0 Å². The lowest BCUT2D eigenvalue weighted by molar-refractivity contribution is 0.432. The van der Waals surface area contributed by atoms with Gasteiger partial charge in [0.05, 0.1) is 6.33 Å². The molecule has 4 rings (SSSR count). The van der Waals surface area contributed by atoms with E-state index in [-0.39, 0.29) is 5.54 Å². The van der Waals surface area contributed by atoms with Gasteiger partial charge in [-0.25, -0.2) is 4.98 Å². The molecule has 0 N–H and O–H groups in total.